The van der Waals surface area contributed by atoms with Gasteiger partial charge in [-0.3, -0.25) is 4.90 Å². The summed E-state index contributed by atoms with van der Waals surface area (Å²) in [5, 5.41) is 10.0. The third-order valence-corrected chi connectivity index (χ3v) is 2.59. The van der Waals surface area contributed by atoms with Gasteiger partial charge in [-0.25, -0.2) is 9.59 Å². The normalized spacial score (nSPS) is 33.0. The van der Waals surface area contributed by atoms with Gasteiger partial charge in [0.25, 0.3) is 0 Å². The molecule has 0 aromatic heterocycles. The van der Waals surface area contributed by atoms with Crippen LogP contribution < -0.4 is 0 Å². The fraction of sp³-hybridized carbons (Fsp3) is 0.833. The Kier molecular flexibility index (Phi) is 3.75. The molecule has 1 amide bonds. The summed E-state index contributed by atoms with van der Waals surface area (Å²) < 4.78 is 17.6. The molecule has 0 spiro atoms. The maximum absolute atomic E-state index is 12.0. The van der Waals surface area contributed by atoms with Crippen LogP contribution in [0.1, 0.15) is 35.5 Å². The Morgan fingerprint density at radius 3 is 2.44 bits per heavy atom. The van der Waals surface area contributed by atoms with Crippen LogP contribution in [-0.4, -0.2) is 47.0 Å². The van der Waals surface area contributed by atoms with Gasteiger partial charge in [-0.15, -0.1) is 0 Å². The Labute approximate surface area is 108 Å². The highest BCUT2D eigenvalue weighted by atomic mass is 16.6. The van der Waals surface area contributed by atoms with E-state index in [1.54, 1.807) is 27.7 Å². The van der Waals surface area contributed by atoms with Crippen molar-refractivity contribution in [3.05, 3.63) is 0 Å². The lowest BCUT2D eigenvalue weighted by Gasteiger charge is -2.29. The topological polar surface area (TPSA) is 76.1 Å². The second-order valence-corrected chi connectivity index (χ2v) is 5.32. The molecular formula is C12H21NO5. The van der Waals surface area contributed by atoms with Crippen LogP contribution in [0, 0.1) is 5.92 Å². The first-order chi connectivity index (χ1) is 8.60. The van der Waals surface area contributed by atoms with E-state index >= 15 is 0 Å². The number of esters is 1. The lowest BCUT2D eigenvalue weighted by molar-refractivity contribution is -0.148. The molecular weight excluding hydrogens is 238 g/mol. The van der Waals surface area contributed by atoms with Gasteiger partial charge in [-0.05, 0) is 27.2 Å². The van der Waals surface area contributed by atoms with Gasteiger partial charge < -0.3 is 14.6 Å². The highest BCUT2D eigenvalue weighted by Gasteiger charge is 2.46. The van der Waals surface area contributed by atoms with Gasteiger partial charge in [0, 0.05) is 7.29 Å². The third kappa shape index (κ3) is 3.13. The Balaban J connectivity index is 3.00. The summed E-state index contributed by atoms with van der Waals surface area (Å²) in [7, 11) is 1.18. The van der Waals surface area contributed by atoms with Gasteiger partial charge in [-0.2, -0.15) is 0 Å². The molecule has 1 fully saturated rings. The Morgan fingerprint density at radius 2 is 2.00 bits per heavy atom. The van der Waals surface area contributed by atoms with Gasteiger partial charge in [0.15, 0.2) is 0 Å². The predicted molar refractivity (Wildman–Crippen MR) is 63.7 cm³/mol. The van der Waals surface area contributed by atoms with Crippen molar-refractivity contribution in [1.29, 1.82) is 0 Å². The third-order valence-electron chi connectivity index (χ3n) is 2.59. The number of likely N-dealkylation sites (tertiary alicyclic amines) is 1. The van der Waals surface area contributed by atoms with Crippen LogP contribution in [-0.2, 0) is 14.3 Å². The van der Waals surface area contributed by atoms with E-state index in [1.807, 2.05) is 0 Å². The van der Waals surface area contributed by atoms with E-state index in [2.05, 4.69) is 4.74 Å². The van der Waals surface area contributed by atoms with E-state index in [9.17, 15) is 14.7 Å². The lowest BCUT2D eigenvalue weighted by Crippen LogP contribution is -2.48. The number of carbonyl (C=O) groups excluding carboxylic acids is 2. The zero-order chi connectivity index (χ0) is 15.0. The van der Waals surface area contributed by atoms with Gasteiger partial charge in [0.2, 0.25) is 0 Å². The lowest BCUT2D eigenvalue weighted by atomic mass is 10.1. The number of aliphatic hydroxyl groups excluding tert-OH is 1. The average Bonchev–Trinajstić information content (AvgIpc) is 2.50. The number of amides is 1. The highest BCUT2D eigenvalue weighted by Crippen LogP contribution is 2.30. The van der Waals surface area contributed by atoms with Crippen LogP contribution in [0.15, 0.2) is 0 Å². The van der Waals surface area contributed by atoms with Gasteiger partial charge in [0.1, 0.15) is 17.9 Å². The molecule has 6 nitrogen and oxygen atoms in total. The summed E-state index contributed by atoms with van der Waals surface area (Å²) in [5.74, 6) is -1.29. The van der Waals surface area contributed by atoms with Gasteiger partial charge in [0.05, 0.1) is 7.11 Å². The minimum Gasteiger partial charge on any atom is -0.467 e. The minimum atomic E-state index is -1.23. The second-order valence-electron chi connectivity index (χ2n) is 5.32. The molecule has 1 saturated heterocycles. The van der Waals surface area contributed by atoms with Crippen molar-refractivity contribution in [2.75, 3.05) is 7.11 Å². The van der Waals surface area contributed by atoms with Crippen LogP contribution in [0.3, 0.4) is 0 Å². The highest BCUT2D eigenvalue weighted by molar-refractivity contribution is 5.82. The van der Waals surface area contributed by atoms with Crippen LogP contribution in [0.2, 0.25) is 0 Å². The van der Waals surface area contributed by atoms with Crippen LogP contribution >= 0.6 is 0 Å². The molecule has 6 heteroatoms. The molecule has 1 aliphatic heterocycles. The molecule has 0 aromatic rings. The molecule has 4 atom stereocenters. The number of nitrogens with zero attached hydrogens (tertiary/aromatic N) is 1. The molecule has 0 bridgehead atoms. The SMILES string of the molecule is [2H][C@@H]1C(C)C(O)N(C(=O)OC(C)(C)C)[C@@H]1C(=O)OC. The molecule has 1 heterocycles. The van der Waals surface area contributed by atoms with Crippen LogP contribution in [0.5, 0.6) is 0 Å². The summed E-state index contributed by atoms with van der Waals surface area (Å²) >= 11 is 0. The number of hydrogen-bond acceptors (Lipinski definition) is 5. The molecule has 0 aliphatic carbocycles. The van der Waals surface area contributed by atoms with E-state index in [1.165, 1.54) is 7.11 Å². The fourth-order valence-corrected chi connectivity index (χ4v) is 1.75. The summed E-state index contributed by atoms with van der Waals surface area (Å²) in [5.41, 5.74) is -0.749. The first kappa shape index (κ1) is 13.1. The molecule has 1 aliphatic rings. The Bertz CT molecular complexity index is 368. The summed E-state index contributed by atoms with van der Waals surface area (Å²) in [6.07, 6.45) is -3.01. The van der Waals surface area contributed by atoms with E-state index in [4.69, 9.17) is 6.11 Å². The second kappa shape index (κ2) is 5.14. The van der Waals surface area contributed by atoms with E-state index in [0.29, 0.717) is 0 Å². The van der Waals surface area contributed by atoms with Crippen LogP contribution in [0.25, 0.3) is 0 Å². The van der Waals surface area contributed by atoms with E-state index in [0.717, 1.165) is 4.90 Å². The zero-order valence-electron chi connectivity index (χ0n) is 12.3. The van der Waals surface area contributed by atoms with E-state index in [-0.39, 0.29) is 0 Å². The molecule has 104 valence electrons. The molecule has 2 unspecified atom stereocenters. The smallest absolute Gasteiger partial charge is 0.413 e. The fourth-order valence-electron chi connectivity index (χ4n) is 1.75. The van der Waals surface area contributed by atoms with Crippen molar-refractivity contribution in [2.24, 2.45) is 5.92 Å². The molecule has 0 aromatic carbocycles. The minimum absolute atomic E-state index is 0.559. The molecule has 0 radical (unpaired) electrons. The van der Waals surface area contributed by atoms with Crippen molar-refractivity contribution in [2.45, 2.75) is 52.0 Å². The monoisotopic (exact) mass is 260 g/mol. The number of hydrogen-bond donors (Lipinski definition) is 1. The van der Waals surface area contributed by atoms with Crippen molar-refractivity contribution in [3.63, 3.8) is 0 Å². The first-order valence-electron chi connectivity index (χ1n) is 6.37. The summed E-state index contributed by atoms with van der Waals surface area (Å²) in [4.78, 5) is 24.6. The average molecular weight is 260 g/mol. The molecule has 1 N–H and O–H groups in total. The number of methoxy groups -OCH3 is 1. The largest absolute Gasteiger partial charge is 0.467 e. The predicted octanol–water partition coefficient (Wildman–Crippen LogP) is 1.12. The van der Waals surface area contributed by atoms with Gasteiger partial charge >= 0.3 is 12.1 Å². The summed E-state index contributed by atoms with van der Waals surface area (Å²) in [6.45, 7) is 6.65. The molecule has 0 saturated carbocycles. The quantitative estimate of drug-likeness (QED) is 0.715. The summed E-state index contributed by atoms with van der Waals surface area (Å²) in [6, 6.07) is -1.15. The van der Waals surface area contributed by atoms with Crippen LogP contribution in [0.4, 0.5) is 4.79 Å². The Hall–Kier alpha value is -1.30. The standard InChI is InChI=1S/C12H21NO5/c1-7-6-8(10(15)17-5)13(9(7)14)11(16)18-12(2,3)4/h7-9,14H,6H2,1-5H3/t7?,8-,9?/m0/s1/i6D/t6-,7?,8+,9?/m1. The number of aliphatic hydroxyl groups is 1. The number of rotatable bonds is 1. The van der Waals surface area contributed by atoms with E-state index < -0.39 is 42.2 Å². The molecule has 18 heavy (non-hydrogen) atoms. The number of ether oxygens (including phenoxy) is 2. The van der Waals surface area contributed by atoms with Crippen molar-refractivity contribution < 1.29 is 25.5 Å². The first-order valence-corrected chi connectivity index (χ1v) is 5.79. The maximum atomic E-state index is 12.0. The van der Waals surface area contributed by atoms with Crippen molar-refractivity contribution in [1.82, 2.24) is 4.90 Å². The molecule has 1 rings (SSSR count). The van der Waals surface area contributed by atoms with Crippen molar-refractivity contribution in [3.8, 4) is 0 Å². The van der Waals surface area contributed by atoms with Crippen molar-refractivity contribution >= 4 is 12.1 Å². The Morgan fingerprint density at radius 1 is 1.44 bits per heavy atom. The maximum Gasteiger partial charge on any atom is 0.413 e. The van der Waals surface area contributed by atoms with Gasteiger partial charge in [-0.1, -0.05) is 6.92 Å². The number of carbonyl (C=O) groups is 2. The zero-order valence-corrected chi connectivity index (χ0v) is 11.3.